The van der Waals surface area contributed by atoms with E-state index >= 15 is 0 Å². The summed E-state index contributed by atoms with van der Waals surface area (Å²) in [5, 5.41) is 0. The van der Waals surface area contributed by atoms with Crippen LogP contribution < -0.4 is 0 Å². The summed E-state index contributed by atoms with van der Waals surface area (Å²) in [6.45, 7) is 4.65. The predicted octanol–water partition coefficient (Wildman–Crippen LogP) is 0.838. The van der Waals surface area contributed by atoms with Crippen LogP contribution in [-0.4, -0.2) is 58.1 Å². The van der Waals surface area contributed by atoms with Crippen LogP contribution in [0.3, 0.4) is 0 Å². The van der Waals surface area contributed by atoms with Crippen LogP contribution in [0.4, 0.5) is 0 Å². The van der Waals surface area contributed by atoms with Crippen LogP contribution >= 0.6 is 11.6 Å². The molecule has 0 amide bonds. The van der Waals surface area contributed by atoms with E-state index in [1.165, 1.54) is 6.92 Å². The maximum atomic E-state index is 10.4. The SMILES string of the molecule is CC(=O)OCCOCCOCCOCCCl. The molecule has 0 aliphatic rings. The van der Waals surface area contributed by atoms with Crippen molar-refractivity contribution in [2.75, 3.05) is 52.1 Å². The van der Waals surface area contributed by atoms with Crippen LogP contribution in [0.5, 0.6) is 0 Å². The molecule has 0 rings (SSSR count). The van der Waals surface area contributed by atoms with Crippen molar-refractivity contribution in [3.05, 3.63) is 0 Å². The summed E-state index contributed by atoms with van der Waals surface area (Å²) in [5.74, 6) is 0.204. The first-order chi connectivity index (χ1) is 7.77. The van der Waals surface area contributed by atoms with Gasteiger partial charge in [-0.15, -0.1) is 11.6 Å². The first-order valence-electron chi connectivity index (χ1n) is 5.20. The highest BCUT2D eigenvalue weighted by atomic mass is 35.5. The van der Waals surface area contributed by atoms with Crippen LogP contribution in [0.25, 0.3) is 0 Å². The van der Waals surface area contributed by atoms with Gasteiger partial charge in [-0.2, -0.15) is 0 Å². The zero-order valence-corrected chi connectivity index (χ0v) is 10.3. The molecule has 0 aliphatic carbocycles. The van der Waals surface area contributed by atoms with Crippen LogP contribution in [0.1, 0.15) is 6.92 Å². The van der Waals surface area contributed by atoms with Gasteiger partial charge in [0.2, 0.25) is 0 Å². The summed E-state index contributed by atoms with van der Waals surface area (Å²) < 4.78 is 20.1. The molecular formula is C10H19ClO5. The molecule has 96 valence electrons. The minimum absolute atomic E-state index is 0.286. The third kappa shape index (κ3) is 13.6. The first kappa shape index (κ1) is 15.6. The highest BCUT2D eigenvalue weighted by Gasteiger charge is 1.93. The molecule has 0 aromatic carbocycles. The summed E-state index contributed by atoms with van der Waals surface area (Å²) in [6, 6.07) is 0. The van der Waals surface area contributed by atoms with Gasteiger partial charge in [0.25, 0.3) is 0 Å². The molecule has 5 nitrogen and oxygen atoms in total. The van der Waals surface area contributed by atoms with Gasteiger partial charge in [-0.25, -0.2) is 0 Å². The van der Waals surface area contributed by atoms with Crippen molar-refractivity contribution in [2.45, 2.75) is 6.92 Å². The van der Waals surface area contributed by atoms with Gasteiger partial charge in [0, 0.05) is 12.8 Å². The number of carbonyl (C=O) groups excluding carboxylic acids is 1. The second-order valence-corrected chi connectivity index (χ2v) is 3.24. The average molecular weight is 255 g/mol. The maximum Gasteiger partial charge on any atom is 0.302 e. The summed E-state index contributed by atoms with van der Waals surface area (Å²) in [7, 11) is 0. The molecule has 0 heterocycles. The van der Waals surface area contributed by atoms with E-state index in [-0.39, 0.29) is 12.6 Å². The average Bonchev–Trinajstić information content (AvgIpc) is 2.25. The molecule has 0 bridgehead atoms. The second kappa shape index (κ2) is 12.7. The molecule has 0 saturated carbocycles. The minimum atomic E-state index is -0.295. The number of esters is 1. The summed E-state index contributed by atoms with van der Waals surface area (Å²) in [6.07, 6.45) is 0. The Bertz CT molecular complexity index is 165. The number of rotatable bonds is 11. The number of ether oxygens (including phenoxy) is 4. The maximum absolute atomic E-state index is 10.4. The van der Waals surface area contributed by atoms with Crippen molar-refractivity contribution in [2.24, 2.45) is 0 Å². The Labute approximate surface area is 101 Å². The van der Waals surface area contributed by atoms with Crippen molar-refractivity contribution in [1.82, 2.24) is 0 Å². The van der Waals surface area contributed by atoms with Gasteiger partial charge < -0.3 is 18.9 Å². The summed E-state index contributed by atoms with van der Waals surface area (Å²) >= 11 is 5.41. The fraction of sp³-hybridized carbons (Fsp3) is 0.900. The lowest BCUT2D eigenvalue weighted by Gasteiger charge is -2.06. The molecule has 0 aromatic heterocycles. The van der Waals surface area contributed by atoms with Crippen LogP contribution in [0.2, 0.25) is 0 Å². The van der Waals surface area contributed by atoms with Crippen molar-refractivity contribution < 1.29 is 23.7 Å². The third-order valence-electron chi connectivity index (χ3n) is 1.50. The van der Waals surface area contributed by atoms with E-state index in [9.17, 15) is 4.79 Å². The van der Waals surface area contributed by atoms with E-state index in [4.69, 9.17) is 25.8 Å². The second-order valence-electron chi connectivity index (χ2n) is 2.87. The molecule has 0 spiro atoms. The molecule has 6 heteroatoms. The number of halogens is 1. The van der Waals surface area contributed by atoms with E-state index in [0.29, 0.717) is 45.5 Å². The molecule has 0 aliphatic heterocycles. The van der Waals surface area contributed by atoms with Crippen LogP contribution in [0, 0.1) is 0 Å². The summed E-state index contributed by atoms with van der Waals surface area (Å²) in [5.41, 5.74) is 0. The molecule has 0 N–H and O–H groups in total. The quantitative estimate of drug-likeness (QED) is 0.311. The van der Waals surface area contributed by atoms with Crippen molar-refractivity contribution in [1.29, 1.82) is 0 Å². The number of hydrogen-bond donors (Lipinski definition) is 0. The molecular weight excluding hydrogens is 236 g/mol. The Kier molecular flexibility index (Phi) is 12.4. The molecule has 16 heavy (non-hydrogen) atoms. The number of carbonyl (C=O) groups is 1. The Morgan fingerprint density at radius 2 is 1.31 bits per heavy atom. The lowest BCUT2D eigenvalue weighted by molar-refractivity contribution is -0.142. The van der Waals surface area contributed by atoms with Crippen molar-refractivity contribution >= 4 is 17.6 Å². The van der Waals surface area contributed by atoms with E-state index in [1.807, 2.05) is 0 Å². The fourth-order valence-corrected chi connectivity index (χ4v) is 0.950. The molecule has 0 aromatic rings. The lowest BCUT2D eigenvalue weighted by Crippen LogP contribution is -2.13. The van der Waals surface area contributed by atoms with Gasteiger partial charge in [0.15, 0.2) is 0 Å². The topological polar surface area (TPSA) is 54.0 Å². The zero-order valence-electron chi connectivity index (χ0n) is 9.58. The predicted molar refractivity (Wildman–Crippen MR) is 59.8 cm³/mol. The lowest BCUT2D eigenvalue weighted by atomic mass is 10.7. The fourth-order valence-electron chi connectivity index (χ4n) is 0.841. The Hall–Kier alpha value is -0.360. The van der Waals surface area contributed by atoms with Crippen LogP contribution in [0.15, 0.2) is 0 Å². The molecule has 0 saturated heterocycles. The summed E-state index contributed by atoms with van der Waals surface area (Å²) in [4.78, 5) is 10.4. The van der Waals surface area contributed by atoms with Crippen molar-refractivity contribution in [3.63, 3.8) is 0 Å². The third-order valence-corrected chi connectivity index (χ3v) is 1.65. The Balaban J connectivity index is 2.90. The first-order valence-corrected chi connectivity index (χ1v) is 5.73. The number of hydrogen-bond acceptors (Lipinski definition) is 5. The zero-order chi connectivity index (χ0) is 12.1. The van der Waals surface area contributed by atoms with Gasteiger partial charge in [0.1, 0.15) is 6.61 Å². The highest BCUT2D eigenvalue weighted by Crippen LogP contribution is 1.83. The Morgan fingerprint density at radius 3 is 1.75 bits per heavy atom. The molecule has 0 unspecified atom stereocenters. The molecule has 0 fully saturated rings. The van der Waals surface area contributed by atoms with E-state index in [1.54, 1.807) is 0 Å². The monoisotopic (exact) mass is 254 g/mol. The van der Waals surface area contributed by atoms with Crippen LogP contribution in [-0.2, 0) is 23.7 Å². The number of alkyl halides is 1. The van der Waals surface area contributed by atoms with Gasteiger partial charge in [-0.1, -0.05) is 0 Å². The molecule has 0 radical (unpaired) electrons. The van der Waals surface area contributed by atoms with E-state index < -0.39 is 0 Å². The normalized spacial score (nSPS) is 10.4. The van der Waals surface area contributed by atoms with Crippen molar-refractivity contribution in [3.8, 4) is 0 Å². The highest BCUT2D eigenvalue weighted by molar-refractivity contribution is 6.17. The van der Waals surface area contributed by atoms with Gasteiger partial charge in [0.05, 0.1) is 39.6 Å². The van der Waals surface area contributed by atoms with E-state index in [2.05, 4.69) is 4.74 Å². The smallest absolute Gasteiger partial charge is 0.302 e. The van der Waals surface area contributed by atoms with E-state index in [0.717, 1.165) is 0 Å². The standard InChI is InChI=1S/C10H19ClO5/c1-10(12)16-9-8-15-7-6-14-5-4-13-3-2-11/h2-9H2,1H3. The largest absolute Gasteiger partial charge is 0.463 e. The van der Waals surface area contributed by atoms with Gasteiger partial charge in [-0.05, 0) is 0 Å². The molecule has 0 atom stereocenters. The minimum Gasteiger partial charge on any atom is -0.463 e. The van der Waals surface area contributed by atoms with Gasteiger partial charge in [-0.3, -0.25) is 4.79 Å². The van der Waals surface area contributed by atoms with Gasteiger partial charge >= 0.3 is 5.97 Å². The Morgan fingerprint density at radius 1 is 0.875 bits per heavy atom.